The van der Waals surface area contributed by atoms with Gasteiger partial charge in [0.2, 0.25) is 0 Å². The predicted octanol–water partition coefficient (Wildman–Crippen LogP) is 4.20. The number of hydrogen-bond acceptors (Lipinski definition) is 3. The molecular formula is C16H16ClNO2S. The first-order chi connectivity index (χ1) is 10.1. The van der Waals surface area contributed by atoms with Gasteiger partial charge in [-0.1, -0.05) is 30.7 Å². The average Bonchev–Trinajstić information content (AvgIpc) is 2.49. The monoisotopic (exact) mass is 321 g/mol. The molecule has 0 bridgehead atoms. The largest absolute Gasteiger partial charge is 0.392 e. The zero-order chi connectivity index (χ0) is 15.2. The highest BCUT2D eigenvalue weighted by atomic mass is 35.5. The summed E-state index contributed by atoms with van der Waals surface area (Å²) in [5, 5.41) is 12.5. The van der Waals surface area contributed by atoms with E-state index in [2.05, 4.69) is 5.32 Å². The van der Waals surface area contributed by atoms with E-state index in [1.807, 2.05) is 13.0 Å². The number of anilines is 1. The van der Waals surface area contributed by atoms with Crippen LogP contribution < -0.4 is 5.32 Å². The first-order valence-electron chi connectivity index (χ1n) is 6.57. The van der Waals surface area contributed by atoms with Gasteiger partial charge in [-0.15, -0.1) is 11.8 Å². The van der Waals surface area contributed by atoms with E-state index in [0.717, 1.165) is 16.2 Å². The summed E-state index contributed by atoms with van der Waals surface area (Å²) in [6.07, 6.45) is 0. The lowest BCUT2D eigenvalue weighted by Crippen LogP contribution is -2.13. The minimum Gasteiger partial charge on any atom is -0.392 e. The van der Waals surface area contributed by atoms with E-state index in [9.17, 15) is 4.79 Å². The second kappa shape index (κ2) is 7.50. The smallest absolute Gasteiger partial charge is 0.256 e. The fourth-order valence-corrected chi connectivity index (χ4v) is 2.86. The van der Waals surface area contributed by atoms with Crippen molar-refractivity contribution in [3.05, 3.63) is 58.6 Å². The van der Waals surface area contributed by atoms with E-state index in [4.69, 9.17) is 16.7 Å². The van der Waals surface area contributed by atoms with Crippen LogP contribution in [-0.2, 0) is 6.61 Å². The molecule has 2 N–H and O–H groups in total. The Hall–Kier alpha value is -1.49. The molecule has 0 atom stereocenters. The van der Waals surface area contributed by atoms with Crippen molar-refractivity contribution in [2.75, 3.05) is 11.1 Å². The van der Waals surface area contributed by atoms with Crippen molar-refractivity contribution in [3.8, 4) is 0 Å². The van der Waals surface area contributed by atoms with Crippen LogP contribution in [0.15, 0.2) is 47.4 Å². The summed E-state index contributed by atoms with van der Waals surface area (Å²) in [6, 6.07) is 12.4. The van der Waals surface area contributed by atoms with E-state index in [1.54, 1.807) is 48.2 Å². The maximum atomic E-state index is 12.4. The number of halogens is 1. The van der Waals surface area contributed by atoms with E-state index in [1.165, 1.54) is 0 Å². The summed E-state index contributed by atoms with van der Waals surface area (Å²) in [7, 11) is 0. The van der Waals surface area contributed by atoms with Crippen LogP contribution in [0.4, 0.5) is 5.69 Å². The Balaban J connectivity index is 2.25. The molecule has 0 saturated heterocycles. The SMILES string of the molecule is CCSc1ccc(Cl)cc1C(=O)Nc1cccc(CO)c1. The lowest BCUT2D eigenvalue weighted by Gasteiger charge is -2.10. The average molecular weight is 322 g/mol. The lowest BCUT2D eigenvalue weighted by molar-refractivity contribution is 0.102. The summed E-state index contributed by atoms with van der Waals surface area (Å²) in [5.41, 5.74) is 1.96. The normalized spacial score (nSPS) is 10.4. The van der Waals surface area contributed by atoms with Crippen molar-refractivity contribution >= 4 is 35.0 Å². The molecule has 0 aromatic heterocycles. The van der Waals surface area contributed by atoms with Gasteiger partial charge in [0.05, 0.1) is 12.2 Å². The van der Waals surface area contributed by atoms with E-state index in [-0.39, 0.29) is 12.5 Å². The summed E-state index contributed by atoms with van der Waals surface area (Å²) in [6.45, 7) is 1.98. The molecule has 2 aromatic carbocycles. The third-order valence-corrected chi connectivity index (χ3v) is 4.04. The fraction of sp³-hybridized carbons (Fsp3) is 0.188. The number of thioether (sulfide) groups is 1. The van der Waals surface area contributed by atoms with Crippen molar-refractivity contribution in [2.24, 2.45) is 0 Å². The molecule has 5 heteroatoms. The molecule has 110 valence electrons. The van der Waals surface area contributed by atoms with Gasteiger partial charge in [0, 0.05) is 15.6 Å². The van der Waals surface area contributed by atoms with Gasteiger partial charge in [-0.3, -0.25) is 4.79 Å². The number of aliphatic hydroxyl groups is 1. The molecule has 0 aliphatic heterocycles. The van der Waals surface area contributed by atoms with Crippen LogP contribution in [0.5, 0.6) is 0 Å². The predicted molar refractivity (Wildman–Crippen MR) is 88.2 cm³/mol. The minimum absolute atomic E-state index is 0.0577. The molecule has 0 heterocycles. The van der Waals surface area contributed by atoms with Crippen LogP contribution in [0.25, 0.3) is 0 Å². The zero-order valence-corrected chi connectivity index (χ0v) is 13.2. The van der Waals surface area contributed by atoms with Crippen molar-refractivity contribution in [1.82, 2.24) is 0 Å². The van der Waals surface area contributed by atoms with E-state index >= 15 is 0 Å². The topological polar surface area (TPSA) is 49.3 Å². The molecular weight excluding hydrogens is 306 g/mol. The Labute approximate surface area is 133 Å². The Morgan fingerprint density at radius 2 is 2.10 bits per heavy atom. The molecule has 21 heavy (non-hydrogen) atoms. The first kappa shape index (κ1) is 15.9. The van der Waals surface area contributed by atoms with E-state index in [0.29, 0.717) is 16.3 Å². The van der Waals surface area contributed by atoms with Gasteiger partial charge >= 0.3 is 0 Å². The number of amides is 1. The summed E-state index contributed by atoms with van der Waals surface area (Å²) in [5.74, 6) is 0.672. The molecule has 0 fully saturated rings. The number of nitrogens with one attached hydrogen (secondary N) is 1. The molecule has 0 spiro atoms. The van der Waals surface area contributed by atoms with Gasteiger partial charge in [0.1, 0.15) is 0 Å². The number of rotatable bonds is 5. The Morgan fingerprint density at radius 3 is 2.81 bits per heavy atom. The number of benzene rings is 2. The van der Waals surface area contributed by atoms with Gasteiger partial charge in [0.25, 0.3) is 5.91 Å². The second-order valence-electron chi connectivity index (χ2n) is 4.39. The molecule has 2 rings (SSSR count). The van der Waals surface area contributed by atoms with Crippen molar-refractivity contribution in [3.63, 3.8) is 0 Å². The Morgan fingerprint density at radius 1 is 1.29 bits per heavy atom. The Bertz CT molecular complexity index is 646. The van der Waals surface area contributed by atoms with Gasteiger partial charge in [0.15, 0.2) is 0 Å². The van der Waals surface area contributed by atoms with Crippen molar-refractivity contribution < 1.29 is 9.90 Å². The van der Waals surface area contributed by atoms with Crippen LogP contribution in [0.1, 0.15) is 22.8 Å². The van der Waals surface area contributed by atoms with Gasteiger partial charge in [-0.05, 0) is 41.6 Å². The highest BCUT2D eigenvalue weighted by Gasteiger charge is 2.12. The molecule has 2 aromatic rings. The maximum Gasteiger partial charge on any atom is 0.256 e. The van der Waals surface area contributed by atoms with Gasteiger partial charge in [-0.2, -0.15) is 0 Å². The third-order valence-electron chi connectivity index (χ3n) is 2.85. The summed E-state index contributed by atoms with van der Waals surface area (Å²) < 4.78 is 0. The Kier molecular flexibility index (Phi) is 5.67. The molecule has 1 amide bonds. The van der Waals surface area contributed by atoms with Crippen LogP contribution in [0, 0.1) is 0 Å². The van der Waals surface area contributed by atoms with Crippen molar-refractivity contribution in [2.45, 2.75) is 18.4 Å². The van der Waals surface area contributed by atoms with E-state index < -0.39 is 0 Å². The van der Waals surface area contributed by atoms with Crippen LogP contribution in [0.3, 0.4) is 0 Å². The summed E-state index contributed by atoms with van der Waals surface area (Å²) >= 11 is 7.59. The quantitative estimate of drug-likeness (QED) is 0.812. The fourth-order valence-electron chi connectivity index (χ4n) is 1.91. The maximum absolute atomic E-state index is 12.4. The standard InChI is InChI=1S/C16H16ClNO2S/c1-2-21-15-7-6-12(17)9-14(15)16(20)18-13-5-3-4-11(8-13)10-19/h3-9,19H,2,10H2,1H3,(H,18,20). The molecule has 0 saturated carbocycles. The molecule has 0 radical (unpaired) electrons. The zero-order valence-electron chi connectivity index (χ0n) is 11.6. The number of carbonyl (C=O) groups excluding carboxylic acids is 1. The van der Waals surface area contributed by atoms with Crippen LogP contribution >= 0.6 is 23.4 Å². The number of aliphatic hydroxyl groups excluding tert-OH is 1. The number of carbonyl (C=O) groups is 1. The minimum atomic E-state index is -0.205. The van der Waals surface area contributed by atoms with Gasteiger partial charge < -0.3 is 10.4 Å². The van der Waals surface area contributed by atoms with Gasteiger partial charge in [-0.25, -0.2) is 0 Å². The third kappa shape index (κ3) is 4.24. The van der Waals surface area contributed by atoms with Crippen LogP contribution in [-0.4, -0.2) is 16.8 Å². The first-order valence-corrected chi connectivity index (χ1v) is 7.94. The molecule has 3 nitrogen and oxygen atoms in total. The van der Waals surface area contributed by atoms with Crippen molar-refractivity contribution in [1.29, 1.82) is 0 Å². The molecule has 0 unspecified atom stereocenters. The lowest BCUT2D eigenvalue weighted by atomic mass is 10.2. The molecule has 0 aliphatic rings. The molecule has 0 aliphatic carbocycles. The highest BCUT2D eigenvalue weighted by molar-refractivity contribution is 7.99. The second-order valence-corrected chi connectivity index (χ2v) is 6.13. The number of hydrogen-bond donors (Lipinski definition) is 2. The van der Waals surface area contributed by atoms with Crippen LogP contribution in [0.2, 0.25) is 5.02 Å². The summed E-state index contributed by atoms with van der Waals surface area (Å²) in [4.78, 5) is 13.3. The highest BCUT2D eigenvalue weighted by Crippen LogP contribution is 2.26.